The van der Waals surface area contributed by atoms with E-state index in [9.17, 15) is 4.79 Å². The molecule has 0 aromatic heterocycles. The predicted molar refractivity (Wildman–Crippen MR) is 104 cm³/mol. The highest BCUT2D eigenvalue weighted by molar-refractivity contribution is 5.78. The summed E-state index contributed by atoms with van der Waals surface area (Å²) in [6.07, 6.45) is 4.48. The van der Waals surface area contributed by atoms with Crippen molar-refractivity contribution in [2.45, 2.75) is 38.3 Å². The first-order chi connectivity index (χ1) is 12.7. The molecular weight excluding hydrogens is 326 g/mol. The first-order valence-electron chi connectivity index (χ1n) is 10.0. The van der Waals surface area contributed by atoms with Crippen molar-refractivity contribution >= 4 is 5.91 Å². The molecule has 1 N–H and O–H groups in total. The summed E-state index contributed by atoms with van der Waals surface area (Å²) in [4.78, 5) is 19.3. The zero-order valence-electron chi connectivity index (χ0n) is 16.0. The van der Waals surface area contributed by atoms with Gasteiger partial charge in [0, 0.05) is 32.7 Å². The Bertz CT molecular complexity index is 558. The van der Waals surface area contributed by atoms with Crippen LogP contribution in [0, 0.1) is 5.92 Å². The molecule has 0 unspecified atom stereocenters. The second kappa shape index (κ2) is 9.49. The lowest BCUT2D eigenvalue weighted by atomic mass is 9.93. The van der Waals surface area contributed by atoms with E-state index in [0.717, 1.165) is 45.6 Å². The fraction of sp³-hybridized carbons (Fsp3) is 0.667. The fourth-order valence-corrected chi connectivity index (χ4v) is 4.40. The van der Waals surface area contributed by atoms with Gasteiger partial charge in [-0.15, -0.1) is 0 Å². The van der Waals surface area contributed by atoms with E-state index in [1.54, 1.807) is 11.9 Å². The molecule has 2 heterocycles. The molecule has 5 nitrogen and oxygen atoms in total. The minimum atomic E-state index is 0.0402. The third-order valence-corrected chi connectivity index (χ3v) is 5.94. The van der Waals surface area contributed by atoms with E-state index in [2.05, 4.69) is 40.1 Å². The molecular formula is C21H33N3O2. The molecule has 0 radical (unpaired) electrons. The van der Waals surface area contributed by atoms with E-state index in [1.807, 2.05) is 0 Å². The number of hydrogen-bond acceptors (Lipinski definition) is 4. The Labute approximate surface area is 157 Å². The summed E-state index contributed by atoms with van der Waals surface area (Å²) in [6.45, 7) is 5.80. The molecule has 1 atom stereocenters. The summed E-state index contributed by atoms with van der Waals surface area (Å²) in [5.41, 5.74) is 1.39. The van der Waals surface area contributed by atoms with Crippen LogP contribution in [-0.4, -0.2) is 78.1 Å². The third kappa shape index (κ3) is 5.06. The molecule has 0 spiro atoms. The van der Waals surface area contributed by atoms with Gasteiger partial charge in [-0.2, -0.15) is 0 Å². The van der Waals surface area contributed by atoms with Gasteiger partial charge >= 0.3 is 0 Å². The van der Waals surface area contributed by atoms with Crippen LogP contribution in [-0.2, 0) is 11.3 Å². The maximum Gasteiger partial charge on any atom is 0.226 e. The van der Waals surface area contributed by atoms with Crippen LogP contribution in [0.3, 0.4) is 0 Å². The van der Waals surface area contributed by atoms with Crippen LogP contribution in [0.15, 0.2) is 30.3 Å². The number of likely N-dealkylation sites (tertiary alicyclic amines) is 2. The lowest BCUT2D eigenvalue weighted by molar-refractivity contribution is -0.137. The van der Waals surface area contributed by atoms with Gasteiger partial charge in [-0.25, -0.2) is 0 Å². The van der Waals surface area contributed by atoms with Crippen molar-refractivity contribution in [1.82, 2.24) is 14.7 Å². The van der Waals surface area contributed by atoms with E-state index >= 15 is 0 Å². The minimum absolute atomic E-state index is 0.0402. The highest BCUT2D eigenvalue weighted by Gasteiger charge is 2.32. The topological polar surface area (TPSA) is 47.0 Å². The van der Waals surface area contributed by atoms with E-state index in [1.165, 1.54) is 18.4 Å². The Morgan fingerprint density at radius 3 is 2.58 bits per heavy atom. The lowest BCUT2D eigenvalue weighted by Crippen LogP contribution is -2.51. The first-order valence-corrected chi connectivity index (χ1v) is 10.0. The number of benzene rings is 1. The summed E-state index contributed by atoms with van der Waals surface area (Å²) in [7, 11) is 1.81. The Morgan fingerprint density at radius 2 is 1.88 bits per heavy atom. The van der Waals surface area contributed by atoms with Gasteiger partial charge in [0.2, 0.25) is 5.91 Å². The summed E-state index contributed by atoms with van der Waals surface area (Å²) >= 11 is 0. The molecule has 2 aliphatic heterocycles. The van der Waals surface area contributed by atoms with Gasteiger partial charge < -0.3 is 10.0 Å². The fourth-order valence-electron chi connectivity index (χ4n) is 4.40. The van der Waals surface area contributed by atoms with Gasteiger partial charge in [0.15, 0.2) is 0 Å². The number of rotatable bonds is 6. The highest BCUT2D eigenvalue weighted by atomic mass is 16.3. The predicted octanol–water partition coefficient (Wildman–Crippen LogP) is 1.81. The SMILES string of the molecule is CN(CCO)C(=O)[C@@H]1CCCN(C2CCN(Cc3ccccc3)CC2)C1. The number of nitrogens with zero attached hydrogens (tertiary/aromatic N) is 3. The number of carbonyl (C=O) groups is 1. The highest BCUT2D eigenvalue weighted by Crippen LogP contribution is 2.25. The third-order valence-electron chi connectivity index (χ3n) is 5.94. The minimum Gasteiger partial charge on any atom is -0.395 e. The molecule has 5 heteroatoms. The standard InChI is InChI=1S/C21H33N3O2/c1-22(14-15-25)21(26)19-8-5-11-24(17-19)20-9-12-23(13-10-20)16-18-6-3-2-4-7-18/h2-4,6-7,19-20,25H,5,8-17H2,1H3/t19-/m1/s1. The van der Waals surface area contributed by atoms with Crippen molar-refractivity contribution in [3.63, 3.8) is 0 Å². The molecule has 1 aromatic carbocycles. The Morgan fingerprint density at radius 1 is 1.15 bits per heavy atom. The second-order valence-corrected chi connectivity index (χ2v) is 7.81. The van der Waals surface area contributed by atoms with Crippen molar-refractivity contribution < 1.29 is 9.90 Å². The number of amides is 1. The monoisotopic (exact) mass is 359 g/mol. The molecule has 2 saturated heterocycles. The molecule has 26 heavy (non-hydrogen) atoms. The van der Waals surface area contributed by atoms with Crippen LogP contribution < -0.4 is 0 Å². The van der Waals surface area contributed by atoms with Gasteiger partial charge in [0.25, 0.3) is 0 Å². The number of hydrogen-bond donors (Lipinski definition) is 1. The van der Waals surface area contributed by atoms with Gasteiger partial charge in [-0.1, -0.05) is 30.3 Å². The van der Waals surface area contributed by atoms with Crippen molar-refractivity contribution in [2.75, 3.05) is 46.4 Å². The van der Waals surface area contributed by atoms with Crippen molar-refractivity contribution in [1.29, 1.82) is 0 Å². The van der Waals surface area contributed by atoms with Crippen LogP contribution >= 0.6 is 0 Å². The summed E-state index contributed by atoms with van der Waals surface area (Å²) in [5, 5.41) is 9.06. The quantitative estimate of drug-likeness (QED) is 0.842. The van der Waals surface area contributed by atoms with Gasteiger partial charge in [0.1, 0.15) is 0 Å². The molecule has 0 bridgehead atoms. The Kier molecular flexibility index (Phi) is 7.06. The zero-order valence-corrected chi connectivity index (χ0v) is 16.0. The van der Waals surface area contributed by atoms with Crippen molar-refractivity contribution in [3.05, 3.63) is 35.9 Å². The number of aliphatic hydroxyl groups excluding tert-OH is 1. The lowest BCUT2D eigenvalue weighted by Gasteiger charge is -2.42. The Balaban J connectivity index is 1.47. The van der Waals surface area contributed by atoms with Crippen molar-refractivity contribution in [2.24, 2.45) is 5.92 Å². The normalized spacial score (nSPS) is 23.1. The summed E-state index contributed by atoms with van der Waals surface area (Å²) in [5.74, 6) is 0.299. The number of likely N-dealkylation sites (N-methyl/N-ethyl adjacent to an activating group) is 1. The average molecular weight is 360 g/mol. The van der Waals surface area contributed by atoms with Gasteiger partial charge in [-0.3, -0.25) is 14.6 Å². The number of aliphatic hydroxyl groups is 1. The van der Waals surface area contributed by atoms with Gasteiger partial charge in [-0.05, 0) is 50.9 Å². The molecule has 3 rings (SSSR count). The maximum atomic E-state index is 12.6. The van der Waals surface area contributed by atoms with Crippen LogP contribution in [0.25, 0.3) is 0 Å². The number of carbonyl (C=O) groups excluding carboxylic acids is 1. The van der Waals surface area contributed by atoms with Crippen LogP contribution in [0.2, 0.25) is 0 Å². The van der Waals surface area contributed by atoms with Gasteiger partial charge in [0.05, 0.1) is 12.5 Å². The van der Waals surface area contributed by atoms with Crippen LogP contribution in [0.1, 0.15) is 31.2 Å². The molecule has 1 aromatic rings. The largest absolute Gasteiger partial charge is 0.395 e. The molecule has 144 valence electrons. The Hall–Kier alpha value is -1.43. The maximum absolute atomic E-state index is 12.6. The zero-order chi connectivity index (χ0) is 18.4. The van der Waals surface area contributed by atoms with E-state index < -0.39 is 0 Å². The van der Waals surface area contributed by atoms with E-state index in [0.29, 0.717) is 12.6 Å². The second-order valence-electron chi connectivity index (χ2n) is 7.81. The molecule has 1 amide bonds. The van der Waals surface area contributed by atoms with Crippen LogP contribution in [0.4, 0.5) is 0 Å². The number of piperidine rings is 2. The molecule has 0 saturated carbocycles. The average Bonchev–Trinajstić information content (AvgIpc) is 2.69. The van der Waals surface area contributed by atoms with E-state index in [4.69, 9.17) is 5.11 Å². The van der Waals surface area contributed by atoms with E-state index in [-0.39, 0.29) is 18.4 Å². The van der Waals surface area contributed by atoms with Crippen molar-refractivity contribution in [3.8, 4) is 0 Å². The molecule has 0 aliphatic carbocycles. The van der Waals surface area contributed by atoms with Crippen LogP contribution in [0.5, 0.6) is 0 Å². The summed E-state index contributed by atoms with van der Waals surface area (Å²) < 4.78 is 0. The first kappa shape index (κ1) is 19.3. The smallest absolute Gasteiger partial charge is 0.226 e. The molecule has 2 aliphatic rings. The molecule has 2 fully saturated rings. The summed E-state index contributed by atoms with van der Waals surface area (Å²) in [6, 6.07) is 11.3.